The van der Waals surface area contributed by atoms with E-state index in [1.807, 2.05) is 24.1 Å². The molecule has 0 saturated carbocycles. The van der Waals surface area contributed by atoms with Gasteiger partial charge in [0.25, 0.3) is 0 Å². The number of nitrogens with zero attached hydrogens (tertiary/aromatic N) is 2. The minimum absolute atomic E-state index is 0.0156. The minimum Gasteiger partial charge on any atom is -0.348 e. The zero-order valence-corrected chi connectivity index (χ0v) is 14.4. The van der Waals surface area contributed by atoms with Crippen LogP contribution < -0.4 is 0 Å². The van der Waals surface area contributed by atoms with Crippen LogP contribution in [0.1, 0.15) is 5.56 Å². The summed E-state index contributed by atoms with van der Waals surface area (Å²) in [5, 5.41) is 2.13. The number of fused-ring (bicyclic) bond motifs is 1. The zero-order valence-electron chi connectivity index (χ0n) is 11.3. The molecule has 8 heteroatoms. The highest BCUT2D eigenvalue weighted by Gasteiger charge is 2.44. The molecule has 1 aromatic carbocycles. The largest absolute Gasteiger partial charge is 0.348 e. The summed E-state index contributed by atoms with van der Waals surface area (Å²) in [7, 11) is -1.03. The molecule has 0 radical (unpaired) electrons. The number of hydrogen-bond acceptors (Lipinski definition) is 5. The second-order valence-electron chi connectivity index (χ2n) is 5.26. The van der Waals surface area contributed by atoms with Crippen LogP contribution in [-0.2, 0) is 15.6 Å². The first-order chi connectivity index (χ1) is 9.85. The van der Waals surface area contributed by atoms with Crippen LogP contribution in [-0.4, -0.2) is 49.1 Å². The first-order valence-electron chi connectivity index (χ1n) is 6.43. The van der Waals surface area contributed by atoms with Gasteiger partial charge in [0.2, 0.25) is 0 Å². The fourth-order valence-electron chi connectivity index (χ4n) is 2.60. The van der Waals surface area contributed by atoms with E-state index in [9.17, 15) is 8.42 Å². The second-order valence-corrected chi connectivity index (χ2v) is 9.20. The van der Waals surface area contributed by atoms with Crippen LogP contribution in [0, 0.1) is 0 Å². The average molecular weight is 365 g/mol. The highest BCUT2D eigenvalue weighted by molar-refractivity contribution is 8.13. The number of thioether (sulfide) groups is 1. The predicted octanol–water partition coefficient (Wildman–Crippen LogP) is 2.69. The van der Waals surface area contributed by atoms with E-state index in [1.165, 1.54) is 0 Å². The van der Waals surface area contributed by atoms with Gasteiger partial charge in [-0.25, -0.2) is 8.42 Å². The lowest BCUT2D eigenvalue weighted by atomic mass is 10.2. The molecule has 3 rings (SSSR count). The Morgan fingerprint density at radius 2 is 2.14 bits per heavy atom. The molecular formula is C13H14Cl2N2O2S2. The van der Waals surface area contributed by atoms with Crippen LogP contribution in [0.25, 0.3) is 0 Å². The molecule has 0 N–H and O–H groups in total. The van der Waals surface area contributed by atoms with Gasteiger partial charge >= 0.3 is 0 Å². The van der Waals surface area contributed by atoms with Gasteiger partial charge in [0.1, 0.15) is 0 Å². The van der Waals surface area contributed by atoms with Crippen molar-refractivity contribution in [1.82, 2.24) is 4.90 Å². The van der Waals surface area contributed by atoms with Crippen molar-refractivity contribution in [1.29, 1.82) is 0 Å². The van der Waals surface area contributed by atoms with Crippen molar-refractivity contribution in [2.45, 2.75) is 17.8 Å². The van der Waals surface area contributed by atoms with Gasteiger partial charge < -0.3 is 4.90 Å². The van der Waals surface area contributed by atoms with Crippen molar-refractivity contribution >= 4 is 50.0 Å². The van der Waals surface area contributed by atoms with E-state index in [2.05, 4.69) is 4.99 Å². The highest BCUT2D eigenvalue weighted by Crippen LogP contribution is 2.32. The summed E-state index contributed by atoms with van der Waals surface area (Å²) in [5.41, 5.74) is 0.992. The average Bonchev–Trinajstić information content (AvgIpc) is 2.83. The van der Waals surface area contributed by atoms with E-state index in [4.69, 9.17) is 23.2 Å². The Morgan fingerprint density at radius 3 is 2.81 bits per heavy atom. The maximum Gasteiger partial charge on any atom is 0.159 e. The molecule has 1 fully saturated rings. The molecular weight excluding hydrogens is 351 g/mol. The lowest BCUT2D eigenvalue weighted by Crippen LogP contribution is -2.35. The maximum atomic E-state index is 11.6. The van der Waals surface area contributed by atoms with Gasteiger partial charge in [-0.05, 0) is 17.7 Å². The van der Waals surface area contributed by atoms with E-state index in [-0.39, 0.29) is 23.6 Å². The molecule has 0 aliphatic carbocycles. The Labute approximate surface area is 138 Å². The SMILES string of the molecule is CN1C(SCc2ccc(Cl)cc2Cl)=N[C@H]2CS(=O)(=O)C[C@H]21. The van der Waals surface area contributed by atoms with Gasteiger partial charge in [0, 0.05) is 22.8 Å². The van der Waals surface area contributed by atoms with Crippen molar-refractivity contribution in [2.24, 2.45) is 4.99 Å². The van der Waals surface area contributed by atoms with Crippen molar-refractivity contribution in [3.63, 3.8) is 0 Å². The molecule has 2 heterocycles. The minimum atomic E-state index is -2.93. The number of likely N-dealkylation sites (N-methyl/N-ethyl adjacent to an activating group) is 1. The van der Waals surface area contributed by atoms with Crippen LogP contribution in [0.2, 0.25) is 10.0 Å². The van der Waals surface area contributed by atoms with Crippen LogP contribution >= 0.6 is 35.0 Å². The molecule has 0 unspecified atom stereocenters. The van der Waals surface area contributed by atoms with E-state index >= 15 is 0 Å². The van der Waals surface area contributed by atoms with E-state index in [0.29, 0.717) is 15.8 Å². The Morgan fingerprint density at radius 1 is 1.38 bits per heavy atom. The Balaban J connectivity index is 1.69. The number of amidine groups is 1. The number of sulfone groups is 1. The van der Waals surface area contributed by atoms with Crippen LogP contribution in [0.15, 0.2) is 23.2 Å². The molecule has 1 saturated heterocycles. The number of halogens is 2. The third-order valence-corrected chi connectivity index (χ3v) is 7.13. The number of hydrogen-bond donors (Lipinski definition) is 0. The topological polar surface area (TPSA) is 49.7 Å². The zero-order chi connectivity index (χ0) is 15.2. The molecule has 0 amide bonds. The molecule has 2 atom stereocenters. The first-order valence-corrected chi connectivity index (χ1v) is 10.00. The predicted molar refractivity (Wildman–Crippen MR) is 89.2 cm³/mol. The monoisotopic (exact) mass is 364 g/mol. The number of benzene rings is 1. The Hall–Kier alpha value is -0.430. The first kappa shape index (κ1) is 15.5. The normalized spacial score (nSPS) is 26.8. The van der Waals surface area contributed by atoms with Gasteiger partial charge in [0.15, 0.2) is 15.0 Å². The quantitative estimate of drug-likeness (QED) is 0.809. The van der Waals surface area contributed by atoms with Gasteiger partial charge in [-0.1, -0.05) is 41.0 Å². The fraction of sp³-hybridized carbons (Fsp3) is 0.462. The van der Waals surface area contributed by atoms with Gasteiger partial charge in [-0.3, -0.25) is 4.99 Å². The molecule has 2 aliphatic rings. The molecule has 21 heavy (non-hydrogen) atoms. The summed E-state index contributed by atoms with van der Waals surface area (Å²) >= 11 is 13.6. The summed E-state index contributed by atoms with van der Waals surface area (Å²) in [6.45, 7) is 0. The maximum absolute atomic E-state index is 11.6. The van der Waals surface area contributed by atoms with E-state index in [1.54, 1.807) is 17.8 Å². The lowest BCUT2D eigenvalue weighted by molar-refractivity contribution is 0.410. The fourth-order valence-corrected chi connectivity index (χ4v) is 6.16. The van der Waals surface area contributed by atoms with Gasteiger partial charge in [-0.2, -0.15) is 0 Å². The standard InChI is InChI=1S/C13H14Cl2N2O2S2/c1-17-12-7-21(18,19)6-11(12)16-13(17)20-5-8-2-3-9(14)4-10(8)15/h2-4,11-12H,5-7H2,1H3/t11-,12+/m0/s1. The third-order valence-electron chi connectivity index (χ3n) is 3.74. The van der Waals surface area contributed by atoms with Crippen molar-refractivity contribution in [2.75, 3.05) is 18.6 Å². The third kappa shape index (κ3) is 3.18. The molecule has 0 spiro atoms. The second kappa shape index (κ2) is 5.65. The van der Waals surface area contributed by atoms with Crippen LogP contribution in [0.5, 0.6) is 0 Å². The Bertz CT molecular complexity index is 706. The molecule has 0 bridgehead atoms. The lowest BCUT2D eigenvalue weighted by Gasteiger charge is -2.20. The smallest absolute Gasteiger partial charge is 0.159 e. The van der Waals surface area contributed by atoms with Crippen molar-refractivity contribution in [3.05, 3.63) is 33.8 Å². The summed E-state index contributed by atoms with van der Waals surface area (Å²) in [4.78, 5) is 6.52. The van der Waals surface area contributed by atoms with Crippen LogP contribution in [0.4, 0.5) is 0 Å². The molecule has 1 aromatic rings. The summed E-state index contributed by atoms with van der Waals surface area (Å²) < 4.78 is 23.2. The number of aliphatic imine (C=N–C) groups is 1. The summed E-state index contributed by atoms with van der Waals surface area (Å²) in [6.07, 6.45) is 0. The van der Waals surface area contributed by atoms with Crippen molar-refractivity contribution < 1.29 is 8.42 Å². The molecule has 2 aliphatic heterocycles. The Kier molecular flexibility index (Phi) is 4.16. The van der Waals surface area contributed by atoms with Crippen molar-refractivity contribution in [3.8, 4) is 0 Å². The number of rotatable bonds is 2. The molecule has 114 valence electrons. The van der Waals surface area contributed by atoms with Crippen LogP contribution in [0.3, 0.4) is 0 Å². The highest BCUT2D eigenvalue weighted by atomic mass is 35.5. The summed E-state index contributed by atoms with van der Waals surface area (Å²) in [6, 6.07) is 5.30. The van der Waals surface area contributed by atoms with Gasteiger partial charge in [0.05, 0.1) is 23.6 Å². The van der Waals surface area contributed by atoms with Gasteiger partial charge in [-0.15, -0.1) is 0 Å². The molecule has 4 nitrogen and oxygen atoms in total. The van der Waals surface area contributed by atoms with E-state index < -0.39 is 9.84 Å². The molecule has 0 aromatic heterocycles. The van der Waals surface area contributed by atoms with E-state index in [0.717, 1.165) is 10.7 Å². The summed E-state index contributed by atoms with van der Waals surface area (Å²) in [5.74, 6) is 1.04.